The first kappa shape index (κ1) is 20.7. The van der Waals surface area contributed by atoms with Crippen LogP contribution in [0.25, 0.3) is 0 Å². The van der Waals surface area contributed by atoms with E-state index in [1.807, 2.05) is 13.8 Å². The van der Waals surface area contributed by atoms with Crippen LogP contribution in [0.5, 0.6) is 5.75 Å². The van der Waals surface area contributed by atoms with Gasteiger partial charge in [0.25, 0.3) is 5.91 Å². The van der Waals surface area contributed by atoms with Crippen LogP contribution >= 0.6 is 0 Å². The standard InChI is InChI=1S/C21H21F3N2O3/c1-13(2)11-26-12-18(16-8-3-4-9-17(16)20(26)28)19(27)25-14-6-5-7-15(10-14)29-21(22,23)24/h3-10,13,18H,11-12H2,1-2H3,(H,25,27)/t18-/m0/s1. The van der Waals surface area contributed by atoms with Gasteiger partial charge < -0.3 is 15.0 Å². The highest BCUT2D eigenvalue weighted by Gasteiger charge is 2.35. The number of nitrogens with zero attached hydrogens (tertiary/aromatic N) is 1. The molecule has 0 spiro atoms. The molecule has 0 fully saturated rings. The third kappa shape index (κ3) is 5.07. The lowest BCUT2D eigenvalue weighted by atomic mass is 9.88. The molecule has 1 N–H and O–H groups in total. The molecular formula is C21H21F3N2O3. The zero-order valence-electron chi connectivity index (χ0n) is 16.0. The quantitative estimate of drug-likeness (QED) is 0.800. The largest absolute Gasteiger partial charge is 0.573 e. The average molecular weight is 406 g/mol. The first-order valence-corrected chi connectivity index (χ1v) is 9.19. The Morgan fingerprint density at radius 3 is 2.62 bits per heavy atom. The first-order chi connectivity index (χ1) is 13.6. The normalized spacial score (nSPS) is 16.6. The number of halogens is 3. The van der Waals surface area contributed by atoms with Crippen molar-refractivity contribution in [1.29, 1.82) is 0 Å². The van der Waals surface area contributed by atoms with Gasteiger partial charge in [0.1, 0.15) is 5.75 Å². The van der Waals surface area contributed by atoms with Gasteiger partial charge in [-0.25, -0.2) is 0 Å². The number of amides is 2. The number of hydrogen-bond acceptors (Lipinski definition) is 3. The molecule has 0 aliphatic carbocycles. The van der Waals surface area contributed by atoms with Crippen molar-refractivity contribution in [3.8, 4) is 5.75 Å². The number of carbonyl (C=O) groups is 2. The van der Waals surface area contributed by atoms with Gasteiger partial charge in [-0.3, -0.25) is 9.59 Å². The molecule has 2 amide bonds. The maximum atomic E-state index is 13.0. The van der Waals surface area contributed by atoms with E-state index in [-0.39, 0.29) is 24.1 Å². The average Bonchev–Trinajstić information content (AvgIpc) is 2.62. The van der Waals surface area contributed by atoms with Gasteiger partial charge in [-0.2, -0.15) is 0 Å². The molecule has 1 aliphatic rings. The number of anilines is 1. The summed E-state index contributed by atoms with van der Waals surface area (Å²) in [7, 11) is 0. The van der Waals surface area contributed by atoms with Gasteiger partial charge in [0.2, 0.25) is 5.91 Å². The summed E-state index contributed by atoms with van der Waals surface area (Å²) in [6.45, 7) is 4.68. The molecule has 0 bridgehead atoms. The van der Waals surface area contributed by atoms with E-state index in [9.17, 15) is 22.8 Å². The van der Waals surface area contributed by atoms with Gasteiger partial charge in [-0.05, 0) is 29.7 Å². The molecule has 5 nitrogen and oxygen atoms in total. The molecule has 1 atom stereocenters. The van der Waals surface area contributed by atoms with E-state index in [1.54, 1.807) is 29.2 Å². The predicted molar refractivity (Wildman–Crippen MR) is 102 cm³/mol. The predicted octanol–water partition coefficient (Wildman–Crippen LogP) is 4.42. The van der Waals surface area contributed by atoms with Crippen LogP contribution in [-0.4, -0.2) is 36.2 Å². The second-order valence-electron chi connectivity index (χ2n) is 7.31. The fourth-order valence-electron chi connectivity index (χ4n) is 3.39. The number of fused-ring (bicyclic) bond motifs is 1. The Morgan fingerprint density at radius 2 is 1.93 bits per heavy atom. The number of benzene rings is 2. The van der Waals surface area contributed by atoms with E-state index < -0.39 is 23.9 Å². The van der Waals surface area contributed by atoms with Crippen LogP contribution in [0, 0.1) is 5.92 Å². The van der Waals surface area contributed by atoms with Crippen molar-refractivity contribution >= 4 is 17.5 Å². The molecule has 1 heterocycles. The van der Waals surface area contributed by atoms with Crippen LogP contribution in [-0.2, 0) is 4.79 Å². The Balaban J connectivity index is 1.84. The molecule has 0 saturated carbocycles. The number of alkyl halides is 3. The summed E-state index contributed by atoms with van der Waals surface area (Å²) in [6.07, 6.45) is -4.82. The van der Waals surface area contributed by atoms with Crippen molar-refractivity contribution in [2.24, 2.45) is 5.92 Å². The van der Waals surface area contributed by atoms with Crippen molar-refractivity contribution in [3.63, 3.8) is 0 Å². The summed E-state index contributed by atoms with van der Waals surface area (Å²) in [5.41, 5.74) is 1.26. The Labute approximate surface area is 166 Å². The van der Waals surface area contributed by atoms with E-state index in [4.69, 9.17) is 0 Å². The number of nitrogens with one attached hydrogen (secondary N) is 1. The summed E-state index contributed by atoms with van der Waals surface area (Å²) in [5, 5.41) is 2.64. The second-order valence-corrected chi connectivity index (χ2v) is 7.31. The van der Waals surface area contributed by atoms with Gasteiger partial charge in [0, 0.05) is 30.4 Å². The minimum atomic E-state index is -4.82. The first-order valence-electron chi connectivity index (χ1n) is 9.19. The molecular weight excluding hydrogens is 385 g/mol. The Hall–Kier alpha value is -3.03. The number of hydrogen-bond donors (Lipinski definition) is 1. The number of rotatable bonds is 5. The topological polar surface area (TPSA) is 58.6 Å². The third-order valence-corrected chi connectivity index (χ3v) is 4.49. The van der Waals surface area contributed by atoms with Crippen LogP contribution in [0.15, 0.2) is 48.5 Å². The molecule has 2 aromatic carbocycles. The summed E-state index contributed by atoms with van der Waals surface area (Å²) in [4.78, 5) is 27.3. The zero-order chi connectivity index (χ0) is 21.2. The molecule has 0 aromatic heterocycles. The molecule has 3 rings (SSSR count). The molecule has 2 aromatic rings. The number of ether oxygens (including phenoxy) is 1. The minimum absolute atomic E-state index is 0.126. The number of carbonyl (C=O) groups excluding carboxylic acids is 2. The van der Waals surface area contributed by atoms with E-state index in [1.165, 1.54) is 12.1 Å². The van der Waals surface area contributed by atoms with E-state index in [0.29, 0.717) is 17.7 Å². The fraction of sp³-hybridized carbons (Fsp3) is 0.333. The van der Waals surface area contributed by atoms with Crippen molar-refractivity contribution in [2.45, 2.75) is 26.1 Å². The highest BCUT2D eigenvalue weighted by molar-refractivity contribution is 6.03. The van der Waals surface area contributed by atoms with Gasteiger partial charge in [0.15, 0.2) is 0 Å². The molecule has 0 unspecified atom stereocenters. The van der Waals surface area contributed by atoms with Crippen LogP contribution < -0.4 is 10.1 Å². The van der Waals surface area contributed by atoms with Gasteiger partial charge in [-0.15, -0.1) is 13.2 Å². The lowest BCUT2D eigenvalue weighted by molar-refractivity contribution is -0.274. The van der Waals surface area contributed by atoms with Crippen LogP contribution in [0.1, 0.15) is 35.7 Å². The van der Waals surface area contributed by atoms with E-state index in [0.717, 1.165) is 12.1 Å². The Morgan fingerprint density at radius 1 is 1.21 bits per heavy atom. The second kappa shape index (κ2) is 8.14. The summed E-state index contributed by atoms with van der Waals surface area (Å²) >= 11 is 0. The van der Waals surface area contributed by atoms with Crippen molar-refractivity contribution in [2.75, 3.05) is 18.4 Å². The molecule has 8 heteroatoms. The van der Waals surface area contributed by atoms with Crippen molar-refractivity contribution in [1.82, 2.24) is 4.90 Å². The SMILES string of the molecule is CC(C)CN1C[C@H](C(=O)Nc2cccc(OC(F)(F)F)c2)c2ccccc2C1=O. The smallest absolute Gasteiger partial charge is 0.406 e. The minimum Gasteiger partial charge on any atom is -0.406 e. The van der Waals surface area contributed by atoms with Crippen LogP contribution in [0.2, 0.25) is 0 Å². The molecule has 0 radical (unpaired) electrons. The van der Waals surface area contributed by atoms with Gasteiger partial charge in [-0.1, -0.05) is 38.1 Å². The third-order valence-electron chi connectivity index (χ3n) is 4.49. The lowest BCUT2D eigenvalue weighted by Gasteiger charge is -2.34. The highest BCUT2D eigenvalue weighted by Crippen LogP contribution is 2.31. The van der Waals surface area contributed by atoms with Gasteiger partial charge >= 0.3 is 6.36 Å². The van der Waals surface area contributed by atoms with Crippen LogP contribution in [0.3, 0.4) is 0 Å². The summed E-state index contributed by atoms with van der Waals surface area (Å²) < 4.78 is 41.2. The summed E-state index contributed by atoms with van der Waals surface area (Å²) in [5.74, 6) is -1.35. The van der Waals surface area contributed by atoms with E-state index >= 15 is 0 Å². The molecule has 154 valence electrons. The maximum absolute atomic E-state index is 13.0. The molecule has 0 saturated heterocycles. The van der Waals surface area contributed by atoms with Gasteiger partial charge in [0.05, 0.1) is 5.92 Å². The fourth-order valence-corrected chi connectivity index (χ4v) is 3.39. The lowest BCUT2D eigenvalue weighted by Crippen LogP contribution is -2.45. The Bertz CT molecular complexity index is 912. The van der Waals surface area contributed by atoms with Crippen molar-refractivity contribution in [3.05, 3.63) is 59.7 Å². The highest BCUT2D eigenvalue weighted by atomic mass is 19.4. The maximum Gasteiger partial charge on any atom is 0.573 e. The molecule has 29 heavy (non-hydrogen) atoms. The van der Waals surface area contributed by atoms with E-state index in [2.05, 4.69) is 10.1 Å². The molecule has 1 aliphatic heterocycles. The zero-order valence-corrected chi connectivity index (χ0v) is 16.0. The van der Waals surface area contributed by atoms with Crippen molar-refractivity contribution < 1.29 is 27.5 Å². The Kier molecular flexibility index (Phi) is 5.81. The van der Waals surface area contributed by atoms with Crippen LogP contribution in [0.4, 0.5) is 18.9 Å². The summed E-state index contributed by atoms with van der Waals surface area (Å²) in [6, 6.07) is 12.0. The monoisotopic (exact) mass is 406 g/mol.